The van der Waals surface area contributed by atoms with Crippen LogP contribution in [-0.4, -0.2) is 13.0 Å². The molecule has 0 unspecified atom stereocenters. The quantitative estimate of drug-likeness (QED) is 0.372. The van der Waals surface area contributed by atoms with Crippen LogP contribution in [0.2, 0.25) is 0 Å². The van der Waals surface area contributed by atoms with Gasteiger partial charge in [0.2, 0.25) is 5.91 Å². The molecule has 0 fully saturated rings. The number of amides is 1. The fourth-order valence-electron chi connectivity index (χ4n) is 1.11. The summed E-state index contributed by atoms with van der Waals surface area (Å²) in [5, 5.41) is 2.99. The zero-order chi connectivity index (χ0) is 8.97. The number of benzene rings is 1. The molecule has 0 saturated carbocycles. The predicted octanol–water partition coefficient (Wildman–Crippen LogP) is 2.54. The summed E-state index contributed by atoms with van der Waals surface area (Å²) in [6.45, 7) is 0. The Bertz CT molecular complexity index is 299. The van der Waals surface area contributed by atoms with Crippen molar-refractivity contribution in [3.05, 3.63) is 29.8 Å². The van der Waals surface area contributed by atoms with E-state index in [0.717, 1.165) is 11.3 Å². The van der Waals surface area contributed by atoms with E-state index in [1.807, 2.05) is 31.3 Å². The molecule has 14 nitrogen and oxygen atoms in total. The first kappa shape index (κ1) is 83.8. The molecule has 0 radical (unpaired) electrons. The molecule has 0 spiro atoms. The second kappa shape index (κ2) is 42.7. The molecule has 0 atom stereocenters. The molecule has 0 aliphatic carbocycles. The molecule has 1 rings (SSSR count). The SMILES string of the molecule is CNc1ccccc1CC(N)=O.N.N.N.N.N.N.N.N.N.N.N. The minimum Gasteiger partial charge on any atom is -0.388 e. The van der Waals surface area contributed by atoms with Crippen molar-refractivity contribution in [2.45, 2.75) is 6.42 Å². The molecule has 1 aromatic carbocycles. The van der Waals surface area contributed by atoms with E-state index in [9.17, 15) is 4.79 Å². The largest absolute Gasteiger partial charge is 0.388 e. The van der Waals surface area contributed by atoms with Crippen LogP contribution in [0.3, 0.4) is 0 Å². The number of anilines is 1. The highest BCUT2D eigenvalue weighted by Crippen LogP contribution is 2.13. The van der Waals surface area contributed by atoms with Crippen LogP contribution in [0.1, 0.15) is 5.56 Å². The summed E-state index contributed by atoms with van der Waals surface area (Å²) in [5.74, 6) is -0.308. The first-order valence-corrected chi connectivity index (χ1v) is 3.78. The van der Waals surface area contributed by atoms with E-state index in [4.69, 9.17) is 5.73 Å². The maximum Gasteiger partial charge on any atom is 0.221 e. The Morgan fingerprint density at radius 2 is 1.17 bits per heavy atom. The zero-order valence-corrected chi connectivity index (χ0v) is 14.8. The molecule has 36 N–H and O–H groups in total. The third kappa shape index (κ3) is 28.8. The first-order valence-electron chi connectivity index (χ1n) is 3.78. The summed E-state index contributed by atoms with van der Waals surface area (Å²) in [7, 11) is 1.82. The average molecular weight is 352 g/mol. The van der Waals surface area contributed by atoms with Crippen LogP contribution in [0.25, 0.3) is 0 Å². The van der Waals surface area contributed by atoms with E-state index in [1.165, 1.54) is 0 Å². The van der Waals surface area contributed by atoms with Gasteiger partial charge in [-0.25, -0.2) is 0 Å². The summed E-state index contributed by atoms with van der Waals surface area (Å²) in [4.78, 5) is 10.6. The molecule has 1 amide bonds. The number of carbonyl (C=O) groups is 1. The number of carbonyl (C=O) groups excluding carboxylic acids is 1. The third-order valence-corrected chi connectivity index (χ3v) is 1.65. The first-order chi connectivity index (χ1) is 5.74. The molecule has 23 heavy (non-hydrogen) atoms. The molecule has 14 heteroatoms. The van der Waals surface area contributed by atoms with Crippen molar-refractivity contribution in [2.24, 2.45) is 5.73 Å². The molecule has 152 valence electrons. The van der Waals surface area contributed by atoms with Gasteiger partial charge in [0.25, 0.3) is 0 Å². The van der Waals surface area contributed by atoms with Gasteiger partial charge in [-0.1, -0.05) is 18.2 Å². The summed E-state index contributed by atoms with van der Waals surface area (Å²) >= 11 is 0. The molecule has 0 saturated heterocycles. The smallest absolute Gasteiger partial charge is 0.221 e. The lowest BCUT2D eigenvalue weighted by molar-refractivity contribution is -0.117. The van der Waals surface area contributed by atoms with Gasteiger partial charge in [0.05, 0.1) is 6.42 Å². The van der Waals surface area contributed by atoms with Crippen LogP contribution in [-0.2, 0) is 11.2 Å². The zero-order valence-electron chi connectivity index (χ0n) is 14.8. The van der Waals surface area contributed by atoms with Crippen LogP contribution in [0.4, 0.5) is 5.69 Å². The van der Waals surface area contributed by atoms with Gasteiger partial charge in [0, 0.05) is 12.7 Å². The molecule has 0 bridgehead atoms. The lowest BCUT2D eigenvalue weighted by Gasteiger charge is -2.05. The summed E-state index contributed by atoms with van der Waals surface area (Å²) in [6.07, 6.45) is 0.289. The van der Waals surface area contributed by atoms with Crippen LogP contribution < -0.4 is 78.7 Å². The standard InChI is InChI=1S/C9H12N2O.11H3N/c1-11-8-5-3-2-4-7(8)6-9(10)12;;;;;;;;;;;/h2-5,11H,6H2,1H3,(H2,10,12);11*1H3. The number of nitrogens with two attached hydrogens (primary N) is 1. The monoisotopic (exact) mass is 351 g/mol. The molecule has 1 aromatic rings. The number of para-hydroxylation sites is 1. The van der Waals surface area contributed by atoms with Gasteiger partial charge >= 0.3 is 0 Å². The van der Waals surface area contributed by atoms with Gasteiger partial charge in [0.15, 0.2) is 0 Å². The molecule has 0 heterocycles. The number of nitrogens with one attached hydrogen (secondary N) is 1. The number of primary amides is 1. The topological polar surface area (TPSA) is 440 Å². The van der Waals surface area contributed by atoms with Crippen LogP contribution >= 0.6 is 0 Å². The van der Waals surface area contributed by atoms with Gasteiger partial charge in [-0.05, 0) is 11.6 Å². The predicted molar refractivity (Wildman–Crippen MR) is 104 cm³/mol. The molecule has 0 aromatic heterocycles. The second-order valence-electron chi connectivity index (χ2n) is 2.55. The van der Waals surface area contributed by atoms with Crippen molar-refractivity contribution in [1.82, 2.24) is 67.7 Å². The van der Waals surface area contributed by atoms with Crippen molar-refractivity contribution in [3.8, 4) is 0 Å². The fourth-order valence-corrected chi connectivity index (χ4v) is 1.11. The second-order valence-corrected chi connectivity index (χ2v) is 2.55. The van der Waals surface area contributed by atoms with Gasteiger partial charge < -0.3 is 78.7 Å². The molecule has 0 aliphatic heterocycles. The van der Waals surface area contributed by atoms with E-state index in [0.29, 0.717) is 0 Å². The Kier molecular flexibility index (Phi) is 156. The van der Waals surface area contributed by atoms with E-state index in [-0.39, 0.29) is 80.0 Å². The van der Waals surface area contributed by atoms with Crippen molar-refractivity contribution in [2.75, 3.05) is 12.4 Å². The lowest BCUT2D eigenvalue weighted by atomic mass is 10.1. The molecular formula is C9H45N13O. The maximum atomic E-state index is 10.6. The summed E-state index contributed by atoms with van der Waals surface area (Å²) in [6, 6.07) is 7.60. The van der Waals surface area contributed by atoms with Crippen molar-refractivity contribution in [1.29, 1.82) is 0 Å². The Balaban J connectivity index is -0.0000000145. The lowest BCUT2D eigenvalue weighted by Crippen LogP contribution is -2.14. The molecular weight excluding hydrogens is 306 g/mol. The van der Waals surface area contributed by atoms with Crippen LogP contribution in [0.15, 0.2) is 24.3 Å². The van der Waals surface area contributed by atoms with E-state index >= 15 is 0 Å². The van der Waals surface area contributed by atoms with Crippen molar-refractivity contribution in [3.63, 3.8) is 0 Å². The van der Waals surface area contributed by atoms with E-state index in [1.54, 1.807) is 0 Å². The Morgan fingerprint density at radius 3 is 1.48 bits per heavy atom. The number of rotatable bonds is 3. The van der Waals surface area contributed by atoms with Crippen LogP contribution in [0, 0.1) is 0 Å². The number of hydrogen-bond acceptors (Lipinski definition) is 13. The van der Waals surface area contributed by atoms with E-state index < -0.39 is 0 Å². The van der Waals surface area contributed by atoms with Gasteiger partial charge in [-0.2, -0.15) is 0 Å². The minimum atomic E-state index is -0.308. The fraction of sp³-hybridized carbons (Fsp3) is 0.222. The minimum absolute atomic E-state index is 0. The van der Waals surface area contributed by atoms with Gasteiger partial charge in [0.1, 0.15) is 0 Å². The van der Waals surface area contributed by atoms with Crippen molar-refractivity contribution < 1.29 is 4.79 Å². The van der Waals surface area contributed by atoms with E-state index in [2.05, 4.69) is 5.32 Å². The third-order valence-electron chi connectivity index (χ3n) is 1.65. The van der Waals surface area contributed by atoms with Crippen LogP contribution in [0.5, 0.6) is 0 Å². The maximum absolute atomic E-state index is 10.6. The normalized spacial score (nSPS) is 4.91. The summed E-state index contributed by atoms with van der Waals surface area (Å²) in [5.41, 5.74) is 6.97. The highest BCUT2D eigenvalue weighted by Gasteiger charge is 2.01. The Labute approximate surface area is 139 Å². The van der Waals surface area contributed by atoms with Gasteiger partial charge in [-0.3, -0.25) is 4.79 Å². The summed E-state index contributed by atoms with van der Waals surface area (Å²) < 4.78 is 0. The van der Waals surface area contributed by atoms with Crippen molar-refractivity contribution >= 4 is 11.6 Å². The highest BCUT2D eigenvalue weighted by molar-refractivity contribution is 5.78. The average Bonchev–Trinajstić information content (AvgIpc) is 2.04. The highest BCUT2D eigenvalue weighted by atomic mass is 16.1. The Hall–Kier alpha value is -1.95. The Morgan fingerprint density at radius 1 is 0.826 bits per heavy atom. The van der Waals surface area contributed by atoms with Gasteiger partial charge in [-0.15, -0.1) is 0 Å². The number of hydrogen-bond donors (Lipinski definition) is 13. The molecule has 0 aliphatic rings.